The highest BCUT2D eigenvalue weighted by Gasteiger charge is 2.20. The molecule has 0 aliphatic carbocycles. The molecular weight excluding hydrogens is 942 g/mol. The van der Waals surface area contributed by atoms with Crippen LogP contribution in [0.2, 0.25) is 0 Å². The molecule has 67 heavy (non-hydrogen) atoms. The predicted molar refractivity (Wildman–Crippen MR) is 269 cm³/mol. The third-order valence-corrected chi connectivity index (χ3v) is 13.1. The van der Waals surface area contributed by atoms with E-state index in [1.54, 1.807) is 45.0 Å². The van der Waals surface area contributed by atoms with E-state index in [2.05, 4.69) is 5.32 Å². The summed E-state index contributed by atoms with van der Waals surface area (Å²) in [4.78, 5) is 21.8. The lowest BCUT2D eigenvalue weighted by atomic mass is 10.0. The van der Waals surface area contributed by atoms with Crippen LogP contribution in [0.4, 0.5) is 13.6 Å². The van der Waals surface area contributed by atoms with Crippen LogP contribution >= 0.6 is 24.8 Å². The molecule has 0 radical (unpaired) electrons. The van der Waals surface area contributed by atoms with Gasteiger partial charge in [0.25, 0.3) is 0 Å². The van der Waals surface area contributed by atoms with E-state index in [-0.39, 0.29) is 62.6 Å². The van der Waals surface area contributed by atoms with Gasteiger partial charge >= 0.3 is 6.09 Å². The summed E-state index contributed by atoms with van der Waals surface area (Å²) in [6, 6.07) is 21.6. The van der Waals surface area contributed by atoms with Crippen molar-refractivity contribution in [2.75, 3.05) is 25.6 Å². The molecular formula is C49H62Cl2F2N6O6S2. The van der Waals surface area contributed by atoms with Crippen molar-refractivity contribution in [2.45, 2.75) is 103 Å². The number of amides is 1. The zero-order valence-corrected chi connectivity index (χ0v) is 42.7. The standard InChI is InChI=1S/C27H34FN3O4S.C22H26FN3O2S.2ClH/c1-18-7-14-24-25(30-18)23(13-10-20-8-11-22(12-9-20)36(6,33)34)19(2)31(24)17-21(28)15-16-29-26(32)35-27(3,4)5;1-15-4-11-21-22(25-15)20(16(2)26(21)14-18(23)12-13-24)10-7-17-5-8-19(9-6-17)29(3,27)28;;/h7-9,11-12,14-15H,10,13,16-17H2,1-6H3,(H,29,32);4-6,8-9,11-12H,7,10,13-14,24H2,1-3H3;2*1H/b21-15-;18-12-;;. The Balaban J connectivity index is 0.000000352. The normalized spacial score (nSPS) is 12.3. The van der Waals surface area contributed by atoms with E-state index in [4.69, 9.17) is 20.4 Å². The number of rotatable bonds is 15. The number of nitrogens with two attached hydrogens (primary N) is 1. The Morgan fingerprint density at radius 1 is 0.657 bits per heavy atom. The molecule has 2 aromatic carbocycles. The van der Waals surface area contributed by atoms with Crippen LogP contribution in [0.5, 0.6) is 0 Å². The second-order valence-electron chi connectivity index (χ2n) is 17.2. The molecule has 6 aromatic rings. The third kappa shape index (κ3) is 15.4. The minimum Gasteiger partial charge on any atom is -0.444 e. The molecule has 0 aliphatic rings. The number of benzene rings is 2. The number of carbonyl (C=O) groups excluding carboxylic acids is 1. The zero-order valence-electron chi connectivity index (χ0n) is 39.4. The number of aryl methyl sites for hydroxylation is 6. The van der Waals surface area contributed by atoms with E-state index < -0.39 is 31.4 Å². The van der Waals surface area contributed by atoms with Crippen molar-refractivity contribution in [3.63, 3.8) is 0 Å². The van der Waals surface area contributed by atoms with E-state index >= 15 is 0 Å². The molecule has 364 valence electrons. The minimum atomic E-state index is -3.24. The minimum absolute atomic E-state index is 0. The molecule has 1 amide bonds. The number of fused-ring (bicyclic) bond motifs is 2. The van der Waals surface area contributed by atoms with Crippen molar-refractivity contribution in [3.05, 3.63) is 142 Å². The number of ether oxygens (including phenoxy) is 1. The van der Waals surface area contributed by atoms with Crippen molar-refractivity contribution in [1.82, 2.24) is 24.4 Å². The summed E-state index contributed by atoms with van der Waals surface area (Å²) >= 11 is 0. The first kappa shape index (κ1) is 56.2. The summed E-state index contributed by atoms with van der Waals surface area (Å²) in [6.45, 7) is 13.4. The van der Waals surface area contributed by atoms with E-state index in [1.165, 1.54) is 24.7 Å². The maximum atomic E-state index is 14.8. The summed E-state index contributed by atoms with van der Waals surface area (Å²) in [5.41, 5.74) is 16.1. The highest BCUT2D eigenvalue weighted by molar-refractivity contribution is 7.91. The number of pyridine rings is 2. The summed E-state index contributed by atoms with van der Waals surface area (Å²) in [6.07, 6.45) is 7.35. The van der Waals surface area contributed by atoms with Crippen LogP contribution in [0.15, 0.2) is 106 Å². The number of hydrogen-bond donors (Lipinski definition) is 2. The lowest BCUT2D eigenvalue weighted by Crippen LogP contribution is -2.32. The van der Waals surface area contributed by atoms with Crippen molar-refractivity contribution in [3.8, 4) is 0 Å². The number of alkyl carbamates (subject to hydrolysis) is 1. The average Bonchev–Trinajstić information content (AvgIpc) is 3.61. The zero-order chi connectivity index (χ0) is 47.9. The molecule has 0 aliphatic heterocycles. The average molecular weight is 1000 g/mol. The number of nitrogens with zero attached hydrogens (tertiary/aromatic N) is 4. The summed E-state index contributed by atoms with van der Waals surface area (Å²) in [7, 11) is -6.44. The number of sulfone groups is 2. The molecule has 6 rings (SSSR count). The van der Waals surface area contributed by atoms with Crippen LogP contribution in [0.1, 0.15) is 65.8 Å². The van der Waals surface area contributed by atoms with Gasteiger partial charge in [0.2, 0.25) is 0 Å². The monoisotopic (exact) mass is 1000 g/mol. The van der Waals surface area contributed by atoms with E-state index in [0.717, 1.165) is 79.9 Å². The Morgan fingerprint density at radius 2 is 1.04 bits per heavy atom. The SMILES string of the molecule is Cc1ccc2c(n1)c(CCc1ccc(S(C)(=O)=O)cc1)c(C)n2C/C(F)=C/CN.Cc1ccc2c(n1)c(CCc1ccc(S(C)(=O)=O)cc1)c(C)n2C/C(F)=C/CNC(=O)OC(C)(C)C.Cl.Cl. The molecule has 4 heterocycles. The van der Waals surface area contributed by atoms with Gasteiger partial charge in [0, 0.05) is 48.4 Å². The van der Waals surface area contributed by atoms with Gasteiger partial charge in [-0.1, -0.05) is 24.3 Å². The van der Waals surface area contributed by atoms with E-state index in [1.807, 2.05) is 85.4 Å². The lowest BCUT2D eigenvalue weighted by molar-refractivity contribution is 0.0533. The maximum absolute atomic E-state index is 14.8. The Labute approximate surface area is 405 Å². The van der Waals surface area contributed by atoms with Crippen LogP contribution in [0, 0.1) is 27.7 Å². The molecule has 0 atom stereocenters. The maximum Gasteiger partial charge on any atom is 0.407 e. The summed E-state index contributed by atoms with van der Waals surface area (Å²) < 4.78 is 84.7. The second kappa shape index (κ2) is 23.7. The molecule has 0 bridgehead atoms. The molecule has 3 N–H and O–H groups in total. The van der Waals surface area contributed by atoms with Gasteiger partial charge in [0.05, 0.1) is 44.9 Å². The molecule has 4 aromatic heterocycles. The first-order valence-electron chi connectivity index (χ1n) is 21.3. The Morgan fingerprint density at radius 3 is 1.40 bits per heavy atom. The van der Waals surface area contributed by atoms with Gasteiger partial charge in [-0.05, 0) is 157 Å². The van der Waals surface area contributed by atoms with E-state index in [9.17, 15) is 30.4 Å². The Bertz CT molecular complexity index is 2960. The molecule has 0 spiro atoms. The fourth-order valence-corrected chi connectivity index (χ4v) is 8.74. The third-order valence-electron chi connectivity index (χ3n) is 10.8. The number of carbonyl (C=O) groups is 1. The van der Waals surface area contributed by atoms with Crippen LogP contribution in [-0.4, -0.2) is 73.2 Å². The first-order chi connectivity index (χ1) is 30.4. The molecule has 0 saturated heterocycles. The molecule has 18 heteroatoms. The second-order valence-corrected chi connectivity index (χ2v) is 21.2. The van der Waals surface area contributed by atoms with Gasteiger partial charge in [-0.25, -0.2) is 30.4 Å². The van der Waals surface area contributed by atoms with Crippen molar-refractivity contribution >= 4 is 72.6 Å². The summed E-state index contributed by atoms with van der Waals surface area (Å²) in [5, 5.41) is 2.54. The van der Waals surface area contributed by atoms with E-state index in [0.29, 0.717) is 22.6 Å². The van der Waals surface area contributed by atoms with Gasteiger partial charge < -0.3 is 24.9 Å². The number of allylic oxidation sites excluding steroid dienone is 2. The number of hydrogen-bond acceptors (Lipinski definition) is 9. The molecule has 0 unspecified atom stereocenters. The topological polar surface area (TPSA) is 168 Å². The molecule has 12 nitrogen and oxygen atoms in total. The quantitative estimate of drug-likeness (QED) is 0.102. The van der Waals surface area contributed by atoms with Crippen LogP contribution < -0.4 is 11.1 Å². The highest BCUT2D eigenvalue weighted by atomic mass is 35.5. The summed E-state index contributed by atoms with van der Waals surface area (Å²) in [5.74, 6) is -0.648. The van der Waals surface area contributed by atoms with Gasteiger partial charge in [0.15, 0.2) is 19.7 Å². The largest absolute Gasteiger partial charge is 0.444 e. The number of halogens is 4. The molecule has 0 saturated carbocycles. The van der Waals surface area contributed by atoms with Crippen LogP contribution in [0.25, 0.3) is 22.1 Å². The van der Waals surface area contributed by atoms with Crippen LogP contribution in [-0.2, 0) is 63.2 Å². The Hall–Kier alpha value is -5.13. The van der Waals surface area contributed by atoms with Gasteiger partial charge in [-0.2, -0.15) is 0 Å². The highest BCUT2D eigenvalue weighted by Crippen LogP contribution is 2.29. The van der Waals surface area contributed by atoms with Crippen LogP contribution in [0.3, 0.4) is 0 Å². The lowest BCUT2D eigenvalue weighted by Gasteiger charge is -2.19. The van der Waals surface area contributed by atoms with Crippen molar-refractivity contribution in [1.29, 1.82) is 0 Å². The van der Waals surface area contributed by atoms with Gasteiger partial charge in [-0.3, -0.25) is 9.97 Å². The molecule has 0 fully saturated rings. The first-order valence-corrected chi connectivity index (χ1v) is 25.1. The fourth-order valence-electron chi connectivity index (χ4n) is 7.48. The number of aromatic nitrogens is 4. The van der Waals surface area contributed by atoms with Gasteiger partial charge in [-0.15, -0.1) is 24.8 Å². The smallest absolute Gasteiger partial charge is 0.407 e. The van der Waals surface area contributed by atoms with Crippen molar-refractivity contribution in [2.24, 2.45) is 5.73 Å². The predicted octanol–water partition coefficient (Wildman–Crippen LogP) is 9.72. The number of nitrogens with one attached hydrogen (secondary N) is 1. The van der Waals surface area contributed by atoms with Crippen molar-refractivity contribution < 1.29 is 35.1 Å². The Kier molecular flexibility index (Phi) is 19.9. The fraction of sp³-hybridized carbons (Fsp3) is 0.367. The van der Waals surface area contributed by atoms with Gasteiger partial charge in [0.1, 0.15) is 17.3 Å².